The van der Waals surface area contributed by atoms with Crippen LogP contribution in [-0.2, 0) is 9.59 Å². The third-order valence-corrected chi connectivity index (χ3v) is 4.13. The molecular formula is C15H16F2N2O2. The molecule has 3 atom stereocenters. The van der Waals surface area contributed by atoms with Crippen LogP contribution in [0.2, 0.25) is 0 Å². The third kappa shape index (κ3) is 2.33. The summed E-state index contributed by atoms with van der Waals surface area (Å²) in [5.41, 5.74) is 0.137. The zero-order valence-electron chi connectivity index (χ0n) is 11.6. The van der Waals surface area contributed by atoms with Crippen molar-refractivity contribution in [2.24, 2.45) is 11.8 Å². The van der Waals surface area contributed by atoms with Crippen LogP contribution in [0.25, 0.3) is 0 Å². The molecule has 6 heteroatoms. The molecule has 112 valence electrons. The van der Waals surface area contributed by atoms with Crippen LogP contribution in [0, 0.1) is 23.5 Å². The van der Waals surface area contributed by atoms with E-state index >= 15 is 0 Å². The van der Waals surface area contributed by atoms with Gasteiger partial charge in [0.25, 0.3) is 0 Å². The monoisotopic (exact) mass is 294 g/mol. The van der Waals surface area contributed by atoms with Gasteiger partial charge in [-0.25, -0.2) is 8.78 Å². The summed E-state index contributed by atoms with van der Waals surface area (Å²) in [6.07, 6.45) is 0.633. The van der Waals surface area contributed by atoms with E-state index in [-0.39, 0.29) is 35.8 Å². The van der Waals surface area contributed by atoms with Crippen LogP contribution < -0.4 is 5.32 Å². The lowest BCUT2D eigenvalue weighted by atomic mass is 10.0. The highest BCUT2D eigenvalue weighted by molar-refractivity contribution is 6.08. The van der Waals surface area contributed by atoms with Gasteiger partial charge in [0.1, 0.15) is 0 Å². The Labute approximate surface area is 121 Å². The molecule has 1 aliphatic carbocycles. The Morgan fingerprint density at radius 3 is 2.57 bits per heavy atom. The fraction of sp³-hybridized carbons (Fsp3) is 0.467. The number of rotatable bonds is 5. The number of benzene rings is 1. The maximum absolute atomic E-state index is 13.9. The van der Waals surface area contributed by atoms with Crippen molar-refractivity contribution < 1.29 is 18.4 Å². The molecule has 1 saturated heterocycles. The lowest BCUT2D eigenvalue weighted by Gasteiger charge is -2.25. The lowest BCUT2D eigenvalue weighted by Crippen LogP contribution is -2.40. The first-order valence-electron chi connectivity index (χ1n) is 7.07. The summed E-state index contributed by atoms with van der Waals surface area (Å²) < 4.78 is 27.3. The number of piperidine rings is 1. The number of fused-ring (bicyclic) bond motifs is 1. The van der Waals surface area contributed by atoms with E-state index in [1.165, 1.54) is 17.0 Å². The topological polar surface area (TPSA) is 49.4 Å². The minimum Gasteiger partial charge on any atom is -0.309 e. The Bertz CT molecular complexity index is 585. The number of likely N-dealkylation sites (N-methyl/N-ethyl adjacent to an activating group) is 1. The van der Waals surface area contributed by atoms with Crippen LogP contribution >= 0.6 is 0 Å². The fourth-order valence-corrected chi connectivity index (χ4v) is 2.92. The zero-order chi connectivity index (χ0) is 15.1. The normalized spacial score (nSPS) is 25.2. The number of hydrogen-bond donors (Lipinski definition) is 1. The Kier molecular flexibility index (Phi) is 3.49. The van der Waals surface area contributed by atoms with E-state index in [1.807, 2.05) is 6.92 Å². The SMILES string of the molecule is CCNC(CN1C(=O)C2CC2C1=O)c1cccc(F)c1F. The molecule has 2 amide bonds. The van der Waals surface area contributed by atoms with Gasteiger partial charge in [-0.2, -0.15) is 0 Å². The molecule has 3 unspecified atom stereocenters. The first-order valence-corrected chi connectivity index (χ1v) is 7.07. The predicted molar refractivity (Wildman–Crippen MR) is 71.1 cm³/mol. The highest BCUT2D eigenvalue weighted by Gasteiger charge is 2.58. The summed E-state index contributed by atoms with van der Waals surface area (Å²) in [7, 11) is 0. The van der Waals surface area contributed by atoms with E-state index in [0.29, 0.717) is 13.0 Å². The highest BCUT2D eigenvalue weighted by Crippen LogP contribution is 2.47. The Hall–Kier alpha value is -1.82. The van der Waals surface area contributed by atoms with E-state index < -0.39 is 17.7 Å². The average molecular weight is 294 g/mol. The van der Waals surface area contributed by atoms with Gasteiger partial charge in [-0.05, 0) is 19.0 Å². The quantitative estimate of drug-likeness (QED) is 0.840. The van der Waals surface area contributed by atoms with Crippen molar-refractivity contribution in [2.75, 3.05) is 13.1 Å². The molecule has 21 heavy (non-hydrogen) atoms. The van der Waals surface area contributed by atoms with E-state index in [2.05, 4.69) is 5.32 Å². The fourth-order valence-electron chi connectivity index (χ4n) is 2.92. The summed E-state index contributed by atoms with van der Waals surface area (Å²) >= 11 is 0. The second-order valence-corrected chi connectivity index (χ2v) is 5.49. The summed E-state index contributed by atoms with van der Waals surface area (Å²) in [4.78, 5) is 25.2. The van der Waals surface area contributed by atoms with Gasteiger partial charge in [-0.1, -0.05) is 19.1 Å². The smallest absolute Gasteiger partial charge is 0.233 e. The molecule has 1 heterocycles. The number of halogens is 2. The third-order valence-electron chi connectivity index (χ3n) is 4.13. The molecule has 2 aliphatic rings. The van der Waals surface area contributed by atoms with Gasteiger partial charge < -0.3 is 5.32 Å². The number of imide groups is 1. The van der Waals surface area contributed by atoms with Crippen LogP contribution in [0.15, 0.2) is 18.2 Å². The molecule has 0 aromatic heterocycles. The van der Waals surface area contributed by atoms with Crippen molar-refractivity contribution in [3.8, 4) is 0 Å². The Morgan fingerprint density at radius 1 is 1.29 bits per heavy atom. The van der Waals surface area contributed by atoms with Crippen LogP contribution in [0.4, 0.5) is 8.78 Å². The molecule has 3 rings (SSSR count). The number of carbonyl (C=O) groups is 2. The van der Waals surface area contributed by atoms with Gasteiger partial charge in [-0.3, -0.25) is 14.5 Å². The van der Waals surface area contributed by atoms with Crippen molar-refractivity contribution in [3.63, 3.8) is 0 Å². The van der Waals surface area contributed by atoms with Crippen molar-refractivity contribution in [2.45, 2.75) is 19.4 Å². The molecule has 1 saturated carbocycles. The van der Waals surface area contributed by atoms with E-state index in [9.17, 15) is 18.4 Å². The first kappa shape index (κ1) is 14.1. The standard InChI is InChI=1S/C15H16F2N2O2/c1-2-18-12(8-4-3-5-11(16)13(8)17)7-19-14(20)9-6-10(9)15(19)21/h3-5,9-10,12,18H,2,6-7H2,1H3. The summed E-state index contributed by atoms with van der Waals surface area (Å²) in [6.45, 7) is 2.39. The summed E-state index contributed by atoms with van der Waals surface area (Å²) in [5.74, 6) is -2.62. The lowest BCUT2D eigenvalue weighted by molar-refractivity contribution is -0.141. The molecular weight excluding hydrogens is 278 g/mol. The Morgan fingerprint density at radius 2 is 1.95 bits per heavy atom. The van der Waals surface area contributed by atoms with Crippen molar-refractivity contribution in [1.82, 2.24) is 10.2 Å². The number of nitrogens with zero attached hydrogens (tertiary/aromatic N) is 1. The maximum atomic E-state index is 13.9. The molecule has 0 spiro atoms. The molecule has 4 nitrogen and oxygen atoms in total. The number of carbonyl (C=O) groups excluding carboxylic acids is 2. The van der Waals surface area contributed by atoms with Gasteiger partial charge in [0, 0.05) is 12.1 Å². The molecule has 1 aromatic rings. The molecule has 0 radical (unpaired) electrons. The number of nitrogens with one attached hydrogen (secondary N) is 1. The molecule has 1 N–H and O–H groups in total. The second-order valence-electron chi connectivity index (χ2n) is 5.49. The number of amides is 2. The predicted octanol–water partition coefficient (Wildman–Crippen LogP) is 1.62. The minimum absolute atomic E-state index is 0.0406. The van der Waals surface area contributed by atoms with Crippen LogP contribution in [0.1, 0.15) is 24.9 Å². The number of likely N-dealkylation sites (tertiary alicyclic amines) is 1. The number of hydrogen-bond acceptors (Lipinski definition) is 3. The zero-order valence-corrected chi connectivity index (χ0v) is 11.6. The van der Waals surface area contributed by atoms with E-state index in [1.54, 1.807) is 0 Å². The van der Waals surface area contributed by atoms with Gasteiger partial charge >= 0.3 is 0 Å². The van der Waals surface area contributed by atoms with Gasteiger partial charge in [0.2, 0.25) is 11.8 Å². The molecule has 0 bridgehead atoms. The van der Waals surface area contributed by atoms with E-state index in [4.69, 9.17) is 0 Å². The molecule has 2 fully saturated rings. The van der Waals surface area contributed by atoms with E-state index in [0.717, 1.165) is 6.07 Å². The van der Waals surface area contributed by atoms with Crippen LogP contribution in [0.5, 0.6) is 0 Å². The minimum atomic E-state index is -0.937. The van der Waals surface area contributed by atoms with Crippen LogP contribution in [-0.4, -0.2) is 29.8 Å². The second kappa shape index (κ2) is 5.18. The van der Waals surface area contributed by atoms with Gasteiger partial charge in [0.05, 0.1) is 17.9 Å². The average Bonchev–Trinajstić information content (AvgIpc) is 3.21. The van der Waals surface area contributed by atoms with Gasteiger partial charge in [0.15, 0.2) is 11.6 Å². The largest absolute Gasteiger partial charge is 0.309 e. The molecule has 1 aliphatic heterocycles. The van der Waals surface area contributed by atoms with Gasteiger partial charge in [-0.15, -0.1) is 0 Å². The summed E-state index contributed by atoms with van der Waals surface area (Å²) in [5, 5.41) is 3.01. The molecule has 1 aromatic carbocycles. The first-order chi connectivity index (χ1) is 10.0. The van der Waals surface area contributed by atoms with Crippen molar-refractivity contribution >= 4 is 11.8 Å². The maximum Gasteiger partial charge on any atom is 0.233 e. The summed E-state index contributed by atoms with van der Waals surface area (Å²) in [6, 6.07) is 3.33. The van der Waals surface area contributed by atoms with Crippen molar-refractivity contribution in [1.29, 1.82) is 0 Å². The highest BCUT2D eigenvalue weighted by atomic mass is 19.2. The Balaban J connectivity index is 1.83. The van der Waals surface area contributed by atoms with Crippen LogP contribution in [0.3, 0.4) is 0 Å². The van der Waals surface area contributed by atoms with Crippen molar-refractivity contribution in [3.05, 3.63) is 35.4 Å².